The second-order valence-corrected chi connectivity index (χ2v) is 4.40. The molecule has 88 valence electrons. The molecule has 4 nitrogen and oxygen atoms in total. The van der Waals surface area contributed by atoms with Crippen molar-refractivity contribution in [2.45, 2.75) is 18.9 Å². The number of rotatable bonds is 2. The van der Waals surface area contributed by atoms with E-state index < -0.39 is 0 Å². The monoisotopic (exact) mass is 229 g/mol. The van der Waals surface area contributed by atoms with Crippen LogP contribution in [0.15, 0.2) is 41.2 Å². The van der Waals surface area contributed by atoms with Gasteiger partial charge >= 0.3 is 0 Å². The highest BCUT2D eigenvalue weighted by Gasteiger charge is 2.27. The molecule has 1 unspecified atom stereocenters. The Morgan fingerprint density at radius 1 is 1.41 bits per heavy atom. The molecule has 1 fully saturated rings. The Balaban J connectivity index is 1.92. The molecule has 2 aromatic rings. The van der Waals surface area contributed by atoms with Gasteiger partial charge in [-0.2, -0.15) is 0 Å². The number of anilines is 2. The van der Waals surface area contributed by atoms with Crippen LogP contribution in [0.5, 0.6) is 0 Å². The number of aromatic nitrogens is 1. The third kappa shape index (κ3) is 1.86. The van der Waals surface area contributed by atoms with Crippen molar-refractivity contribution in [3.05, 3.63) is 42.3 Å². The summed E-state index contributed by atoms with van der Waals surface area (Å²) in [7, 11) is 0. The molecule has 1 aliphatic heterocycles. The highest BCUT2D eigenvalue weighted by atomic mass is 16.5. The molecular formula is C13H15N3O. The number of nitrogen functional groups attached to an aromatic ring is 1. The van der Waals surface area contributed by atoms with E-state index >= 15 is 0 Å². The van der Waals surface area contributed by atoms with Gasteiger partial charge in [-0.3, -0.25) is 0 Å². The maximum atomic E-state index is 5.83. The summed E-state index contributed by atoms with van der Waals surface area (Å²) in [6.07, 6.45) is 5.85. The van der Waals surface area contributed by atoms with Crippen LogP contribution in [-0.2, 0) is 0 Å². The molecule has 1 aromatic heterocycles. The summed E-state index contributed by atoms with van der Waals surface area (Å²) in [5.41, 5.74) is 8.96. The summed E-state index contributed by atoms with van der Waals surface area (Å²) in [6, 6.07) is 8.39. The molecule has 2 N–H and O–H groups in total. The lowest BCUT2D eigenvalue weighted by atomic mass is 10.1. The van der Waals surface area contributed by atoms with Crippen LogP contribution in [0, 0.1) is 0 Å². The van der Waals surface area contributed by atoms with Gasteiger partial charge in [0, 0.05) is 23.5 Å². The fraction of sp³-hybridized carbons (Fsp3) is 0.308. The van der Waals surface area contributed by atoms with Crippen LogP contribution in [0.2, 0.25) is 0 Å². The lowest BCUT2D eigenvalue weighted by Gasteiger charge is -2.25. The Bertz CT molecular complexity index is 495. The quantitative estimate of drug-likeness (QED) is 0.804. The molecule has 1 saturated heterocycles. The SMILES string of the molecule is Nc1cccc(N2CCCC2c2cnoc2)c1. The van der Waals surface area contributed by atoms with Crippen LogP contribution >= 0.6 is 0 Å². The van der Waals surface area contributed by atoms with Crippen molar-refractivity contribution in [2.24, 2.45) is 0 Å². The first-order valence-electron chi connectivity index (χ1n) is 5.86. The van der Waals surface area contributed by atoms with Gasteiger partial charge in [0.1, 0.15) is 6.26 Å². The van der Waals surface area contributed by atoms with E-state index in [9.17, 15) is 0 Å². The summed E-state index contributed by atoms with van der Waals surface area (Å²) in [5.74, 6) is 0. The second-order valence-electron chi connectivity index (χ2n) is 4.40. The molecule has 2 heterocycles. The zero-order valence-electron chi connectivity index (χ0n) is 9.54. The molecule has 0 amide bonds. The fourth-order valence-electron chi connectivity index (χ4n) is 2.50. The number of nitrogens with two attached hydrogens (primary N) is 1. The highest BCUT2D eigenvalue weighted by molar-refractivity contribution is 5.57. The molecule has 4 heteroatoms. The van der Waals surface area contributed by atoms with Crippen molar-refractivity contribution < 1.29 is 4.52 Å². The van der Waals surface area contributed by atoms with E-state index in [1.807, 2.05) is 18.2 Å². The van der Waals surface area contributed by atoms with Crippen LogP contribution in [0.1, 0.15) is 24.4 Å². The van der Waals surface area contributed by atoms with Crippen molar-refractivity contribution in [1.29, 1.82) is 0 Å². The van der Waals surface area contributed by atoms with Gasteiger partial charge in [-0.05, 0) is 31.0 Å². The smallest absolute Gasteiger partial charge is 0.129 e. The lowest BCUT2D eigenvalue weighted by Crippen LogP contribution is -2.22. The van der Waals surface area contributed by atoms with Crippen LogP contribution in [0.4, 0.5) is 11.4 Å². The van der Waals surface area contributed by atoms with Crippen molar-refractivity contribution in [1.82, 2.24) is 5.16 Å². The van der Waals surface area contributed by atoms with E-state index in [2.05, 4.69) is 16.1 Å². The normalized spacial score (nSPS) is 19.8. The van der Waals surface area contributed by atoms with E-state index in [4.69, 9.17) is 10.3 Å². The predicted molar refractivity (Wildman–Crippen MR) is 66.7 cm³/mol. The zero-order valence-corrected chi connectivity index (χ0v) is 9.54. The fourth-order valence-corrected chi connectivity index (χ4v) is 2.50. The van der Waals surface area contributed by atoms with Gasteiger partial charge in [-0.25, -0.2) is 0 Å². The minimum absolute atomic E-state index is 0.364. The largest absolute Gasteiger partial charge is 0.399 e. The van der Waals surface area contributed by atoms with Crippen LogP contribution in [0.25, 0.3) is 0 Å². The summed E-state index contributed by atoms with van der Waals surface area (Å²) < 4.78 is 4.93. The van der Waals surface area contributed by atoms with E-state index in [0.29, 0.717) is 6.04 Å². The molecule has 0 saturated carbocycles. The standard InChI is InChI=1S/C13H15N3O/c14-11-3-1-4-12(7-11)16-6-2-5-13(16)10-8-15-17-9-10/h1,3-4,7-9,13H,2,5-6,14H2. The number of nitrogens with zero attached hydrogens (tertiary/aromatic N) is 2. The highest BCUT2D eigenvalue weighted by Crippen LogP contribution is 2.36. The maximum absolute atomic E-state index is 5.83. The van der Waals surface area contributed by atoms with Crippen LogP contribution < -0.4 is 10.6 Å². The summed E-state index contributed by atoms with van der Waals surface area (Å²) in [4.78, 5) is 2.36. The van der Waals surface area contributed by atoms with Crippen molar-refractivity contribution in [2.75, 3.05) is 17.2 Å². The molecule has 1 atom stereocenters. The van der Waals surface area contributed by atoms with E-state index in [-0.39, 0.29) is 0 Å². The summed E-state index contributed by atoms with van der Waals surface area (Å²) >= 11 is 0. The predicted octanol–water partition coefficient (Wildman–Crippen LogP) is 2.60. The average molecular weight is 229 g/mol. The van der Waals surface area contributed by atoms with Crippen molar-refractivity contribution in [3.8, 4) is 0 Å². The first kappa shape index (κ1) is 10.2. The maximum Gasteiger partial charge on any atom is 0.129 e. The molecular weight excluding hydrogens is 214 g/mol. The van der Waals surface area contributed by atoms with Gasteiger partial charge in [-0.1, -0.05) is 11.2 Å². The summed E-state index contributed by atoms with van der Waals surface area (Å²) in [6.45, 7) is 1.05. The molecule has 0 bridgehead atoms. The van der Waals surface area contributed by atoms with Gasteiger partial charge < -0.3 is 15.2 Å². The van der Waals surface area contributed by atoms with E-state index in [1.165, 1.54) is 12.1 Å². The second kappa shape index (κ2) is 4.13. The third-order valence-electron chi connectivity index (χ3n) is 3.29. The van der Waals surface area contributed by atoms with Gasteiger partial charge in [0.15, 0.2) is 0 Å². The van der Waals surface area contributed by atoms with E-state index in [1.54, 1.807) is 12.5 Å². The Kier molecular flexibility index (Phi) is 2.48. The molecule has 17 heavy (non-hydrogen) atoms. The lowest BCUT2D eigenvalue weighted by molar-refractivity contribution is 0.418. The topological polar surface area (TPSA) is 55.3 Å². The van der Waals surface area contributed by atoms with Crippen molar-refractivity contribution >= 4 is 11.4 Å². The van der Waals surface area contributed by atoms with Gasteiger partial charge in [0.05, 0.1) is 12.2 Å². The first-order valence-corrected chi connectivity index (χ1v) is 5.86. The molecule has 0 aliphatic carbocycles. The Hall–Kier alpha value is -1.97. The van der Waals surface area contributed by atoms with Crippen molar-refractivity contribution in [3.63, 3.8) is 0 Å². The van der Waals surface area contributed by atoms with Crippen LogP contribution in [-0.4, -0.2) is 11.7 Å². The molecule has 0 spiro atoms. The van der Waals surface area contributed by atoms with Gasteiger partial charge in [-0.15, -0.1) is 0 Å². The number of hydrogen-bond donors (Lipinski definition) is 1. The Morgan fingerprint density at radius 2 is 2.35 bits per heavy atom. The molecule has 1 aromatic carbocycles. The third-order valence-corrected chi connectivity index (χ3v) is 3.29. The number of benzene rings is 1. The number of hydrogen-bond acceptors (Lipinski definition) is 4. The molecule has 1 aliphatic rings. The average Bonchev–Trinajstić information content (AvgIpc) is 3.00. The molecule has 0 radical (unpaired) electrons. The Labute approximate surface area is 100 Å². The minimum Gasteiger partial charge on any atom is -0.399 e. The molecule has 3 rings (SSSR count). The zero-order chi connectivity index (χ0) is 11.7. The van der Waals surface area contributed by atoms with Gasteiger partial charge in [0.2, 0.25) is 0 Å². The Morgan fingerprint density at radius 3 is 3.12 bits per heavy atom. The van der Waals surface area contributed by atoms with Gasteiger partial charge in [0.25, 0.3) is 0 Å². The summed E-state index contributed by atoms with van der Waals surface area (Å²) in [5, 5.41) is 3.79. The first-order chi connectivity index (χ1) is 8.34. The minimum atomic E-state index is 0.364. The van der Waals surface area contributed by atoms with E-state index in [0.717, 1.165) is 24.2 Å². The van der Waals surface area contributed by atoms with Crippen LogP contribution in [0.3, 0.4) is 0 Å².